The lowest BCUT2D eigenvalue weighted by atomic mass is 10.1. The predicted octanol–water partition coefficient (Wildman–Crippen LogP) is 1.92. The van der Waals surface area contributed by atoms with Crippen LogP contribution in [0.15, 0.2) is 46.0 Å². The molecule has 0 saturated carbocycles. The predicted molar refractivity (Wildman–Crippen MR) is 71.7 cm³/mol. The number of nitrogens with one attached hydrogen (secondary N) is 1. The van der Waals surface area contributed by atoms with Crippen molar-refractivity contribution in [3.8, 4) is 0 Å². The second-order valence-corrected chi connectivity index (χ2v) is 6.33. The van der Waals surface area contributed by atoms with Crippen molar-refractivity contribution in [2.24, 2.45) is 0 Å². The number of sulfonamides is 1. The first-order valence-corrected chi connectivity index (χ1v) is 7.76. The second kappa shape index (κ2) is 5.52. The number of carbonyl (C=O) groups is 1. The third kappa shape index (κ3) is 3.40. The highest BCUT2D eigenvalue weighted by Crippen LogP contribution is 2.13. The van der Waals surface area contributed by atoms with Crippen LogP contribution in [0.1, 0.15) is 15.9 Å². The molecule has 7 heteroatoms. The minimum absolute atomic E-state index is 0.123. The summed E-state index contributed by atoms with van der Waals surface area (Å²) < 4.78 is 26.1. The van der Waals surface area contributed by atoms with Crippen molar-refractivity contribution in [1.29, 1.82) is 0 Å². The molecule has 19 heavy (non-hydrogen) atoms. The molecule has 0 fully saturated rings. The maximum Gasteiger partial charge on any atom is 0.335 e. The van der Waals surface area contributed by atoms with Gasteiger partial charge in [0, 0.05) is 11.9 Å². The Kier molecular flexibility index (Phi) is 3.98. The summed E-state index contributed by atoms with van der Waals surface area (Å²) in [5.74, 6) is -1.01. The van der Waals surface area contributed by atoms with Crippen LogP contribution >= 0.6 is 11.3 Å². The molecule has 0 atom stereocenters. The van der Waals surface area contributed by atoms with Crippen LogP contribution in [0, 0.1) is 0 Å². The first kappa shape index (κ1) is 13.7. The van der Waals surface area contributed by atoms with Crippen molar-refractivity contribution in [3.63, 3.8) is 0 Å². The van der Waals surface area contributed by atoms with Crippen LogP contribution in [0.4, 0.5) is 0 Å². The number of hydrogen-bond acceptors (Lipinski definition) is 4. The Hall–Kier alpha value is -1.70. The maximum absolute atomic E-state index is 11.8. The molecule has 1 heterocycles. The molecule has 0 aliphatic carbocycles. The first-order valence-electron chi connectivity index (χ1n) is 5.33. The van der Waals surface area contributed by atoms with E-state index in [-0.39, 0.29) is 17.0 Å². The normalized spacial score (nSPS) is 11.4. The van der Waals surface area contributed by atoms with Crippen molar-refractivity contribution in [3.05, 3.63) is 52.2 Å². The molecular formula is C12H11NO4S2. The van der Waals surface area contributed by atoms with E-state index in [1.54, 1.807) is 22.9 Å². The largest absolute Gasteiger partial charge is 0.478 e. The molecule has 0 aliphatic rings. The first-order chi connectivity index (χ1) is 8.99. The molecule has 0 aliphatic heterocycles. The van der Waals surface area contributed by atoms with Crippen LogP contribution in [0.5, 0.6) is 0 Å². The number of thiophene rings is 1. The van der Waals surface area contributed by atoms with Gasteiger partial charge in [-0.25, -0.2) is 17.9 Å². The zero-order valence-electron chi connectivity index (χ0n) is 9.74. The molecule has 0 saturated heterocycles. The van der Waals surface area contributed by atoms with E-state index in [4.69, 9.17) is 5.11 Å². The van der Waals surface area contributed by atoms with E-state index in [2.05, 4.69) is 4.72 Å². The van der Waals surface area contributed by atoms with Gasteiger partial charge in [0.1, 0.15) is 0 Å². The van der Waals surface area contributed by atoms with E-state index >= 15 is 0 Å². The Bertz CT molecular complexity index is 660. The van der Waals surface area contributed by atoms with Gasteiger partial charge in [0.05, 0.1) is 10.5 Å². The van der Waals surface area contributed by atoms with Gasteiger partial charge < -0.3 is 5.11 Å². The molecule has 1 aromatic heterocycles. The Morgan fingerprint density at radius 2 is 1.89 bits per heavy atom. The van der Waals surface area contributed by atoms with E-state index in [1.165, 1.54) is 29.5 Å². The molecular weight excluding hydrogens is 286 g/mol. The summed E-state index contributed by atoms with van der Waals surface area (Å²) in [4.78, 5) is 10.9. The molecule has 2 aromatic rings. The quantitative estimate of drug-likeness (QED) is 0.883. The highest BCUT2D eigenvalue weighted by molar-refractivity contribution is 7.89. The van der Waals surface area contributed by atoms with Crippen LogP contribution in [0.2, 0.25) is 0 Å². The Morgan fingerprint density at radius 3 is 2.42 bits per heavy atom. The van der Waals surface area contributed by atoms with E-state index in [0.29, 0.717) is 5.56 Å². The van der Waals surface area contributed by atoms with E-state index < -0.39 is 16.0 Å². The number of benzene rings is 1. The topological polar surface area (TPSA) is 83.5 Å². The zero-order valence-corrected chi connectivity index (χ0v) is 11.4. The fourth-order valence-corrected chi connectivity index (χ4v) is 3.48. The van der Waals surface area contributed by atoms with E-state index in [1.807, 2.05) is 0 Å². The van der Waals surface area contributed by atoms with Gasteiger partial charge in [0.2, 0.25) is 10.0 Å². The van der Waals surface area contributed by atoms with E-state index in [9.17, 15) is 13.2 Å². The number of rotatable bonds is 5. The summed E-state index contributed by atoms with van der Waals surface area (Å²) in [6.45, 7) is 0.123. The van der Waals surface area contributed by atoms with Crippen molar-refractivity contribution in [2.45, 2.75) is 11.4 Å². The third-order valence-electron chi connectivity index (χ3n) is 2.47. The zero-order chi connectivity index (χ0) is 13.9. The maximum atomic E-state index is 11.8. The minimum Gasteiger partial charge on any atom is -0.478 e. The van der Waals surface area contributed by atoms with Gasteiger partial charge in [0.15, 0.2) is 0 Å². The fourth-order valence-electron chi connectivity index (χ4n) is 1.43. The molecule has 0 radical (unpaired) electrons. The lowest BCUT2D eigenvalue weighted by Crippen LogP contribution is -2.22. The fraction of sp³-hybridized carbons (Fsp3) is 0.0833. The number of aromatic carboxylic acids is 1. The summed E-state index contributed by atoms with van der Waals surface area (Å²) in [5, 5.41) is 12.0. The second-order valence-electron chi connectivity index (χ2n) is 3.79. The summed E-state index contributed by atoms with van der Waals surface area (Å²) >= 11 is 1.31. The van der Waals surface area contributed by atoms with Gasteiger partial charge in [-0.1, -0.05) is 12.1 Å². The van der Waals surface area contributed by atoms with Crippen LogP contribution in [-0.4, -0.2) is 19.5 Å². The van der Waals surface area contributed by atoms with E-state index in [0.717, 1.165) is 0 Å². The molecule has 1 aromatic carbocycles. The van der Waals surface area contributed by atoms with Crippen LogP contribution in [0.25, 0.3) is 0 Å². The average molecular weight is 297 g/mol. The van der Waals surface area contributed by atoms with Crippen molar-refractivity contribution in [2.75, 3.05) is 0 Å². The Labute approximate surface area is 114 Å². The highest BCUT2D eigenvalue weighted by atomic mass is 32.2. The molecule has 0 unspecified atom stereocenters. The van der Waals surface area contributed by atoms with Gasteiger partial charge >= 0.3 is 5.97 Å². The van der Waals surface area contributed by atoms with Gasteiger partial charge in [-0.3, -0.25) is 0 Å². The number of carboxylic acids is 1. The van der Waals surface area contributed by atoms with Crippen LogP contribution in [0.3, 0.4) is 0 Å². The Morgan fingerprint density at radius 1 is 1.21 bits per heavy atom. The highest BCUT2D eigenvalue weighted by Gasteiger charge is 2.13. The standard InChI is InChI=1S/C12H11NO4S2/c14-12(15)10-3-1-9(2-4-10)7-13-19(16,17)11-5-6-18-8-11/h1-6,8,13H,7H2,(H,14,15). The molecule has 2 N–H and O–H groups in total. The molecule has 2 rings (SSSR count). The van der Waals surface area contributed by atoms with Gasteiger partial charge in [-0.15, -0.1) is 0 Å². The number of carboxylic acid groups (broad SMARTS) is 1. The molecule has 0 amide bonds. The monoisotopic (exact) mass is 297 g/mol. The molecule has 100 valence electrons. The molecule has 0 bridgehead atoms. The minimum atomic E-state index is -3.50. The van der Waals surface area contributed by atoms with Crippen LogP contribution in [-0.2, 0) is 16.6 Å². The SMILES string of the molecule is O=C(O)c1ccc(CNS(=O)(=O)c2ccsc2)cc1. The van der Waals surface area contributed by atoms with Gasteiger partial charge in [-0.05, 0) is 29.1 Å². The molecule has 5 nitrogen and oxygen atoms in total. The van der Waals surface area contributed by atoms with Crippen molar-refractivity contribution in [1.82, 2.24) is 4.72 Å². The van der Waals surface area contributed by atoms with Gasteiger partial charge in [-0.2, -0.15) is 11.3 Å². The summed E-state index contributed by atoms with van der Waals surface area (Å²) in [5.41, 5.74) is 0.869. The smallest absolute Gasteiger partial charge is 0.335 e. The van der Waals surface area contributed by atoms with Crippen molar-refractivity contribution >= 4 is 27.3 Å². The number of hydrogen-bond donors (Lipinski definition) is 2. The van der Waals surface area contributed by atoms with Crippen LogP contribution < -0.4 is 4.72 Å². The summed E-state index contributed by atoms with van der Waals surface area (Å²) in [7, 11) is -3.50. The molecule has 0 spiro atoms. The lowest BCUT2D eigenvalue weighted by Gasteiger charge is -2.05. The van der Waals surface area contributed by atoms with Gasteiger partial charge in [0.25, 0.3) is 0 Å². The van der Waals surface area contributed by atoms with Crippen molar-refractivity contribution < 1.29 is 18.3 Å². The summed E-state index contributed by atoms with van der Waals surface area (Å²) in [6.07, 6.45) is 0. The Balaban J connectivity index is 2.05. The lowest BCUT2D eigenvalue weighted by molar-refractivity contribution is 0.0697. The summed E-state index contributed by atoms with van der Waals surface area (Å²) in [6, 6.07) is 7.58. The third-order valence-corrected chi connectivity index (χ3v) is 4.70. The average Bonchev–Trinajstić information content (AvgIpc) is 2.91.